The number of allylic oxidation sites excluding steroid dienone is 1. The van der Waals surface area contributed by atoms with E-state index in [0.717, 1.165) is 22.8 Å². The lowest BCUT2D eigenvalue weighted by Gasteiger charge is -2.35. The van der Waals surface area contributed by atoms with Gasteiger partial charge >= 0.3 is 0 Å². The van der Waals surface area contributed by atoms with Crippen LogP contribution in [0.5, 0.6) is 0 Å². The quantitative estimate of drug-likeness (QED) is 0.626. The molecule has 3 aliphatic heterocycles. The number of carbonyl (C=O) groups excluding carboxylic acids is 2. The highest BCUT2D eigenvalue weighted by Gasteiger charge is 2.69. The zero-order valence-corrected chi connectivity index (χ0v) is 17.4. The van der Waals surface area contributed by atoms with Crippen LogP contribution in [-0.2, 0) is 15.1 Å². The Morgan fingerprint density at radius 2 is 1.97 bits per heavy atom. The van der Waals surface area contributed by atoms with Gasteiger partial charge in [0, 0.05) is 34.8 Å². The van der Waals surface area contributed by atoms with Crippen LogP contribution in [0.3, 0.4) is 0 Å². The second kappa shape index (κ2) is 7.00. The number of amides is 1. The standard InChI is InChI=1S/C24H20N2O4S/c27-19(10-9-15-5-3-11-29-15)22-21(20-8-4-12-30-20)18-13-31-14-26(18)24(22)16-6-1-2-7-17(16)25-23(24)28/h1-12,18,21-22H,13-14H2,(H,25,28)/b10-9+/t18-,21+,22+,24?/m0/s1. The molecular weight excluding hydrogens is 412 g/mol. The van der Waals surface area contributed by atoms with Crippen molar-refractivity contribution in [2.45, 2.75) is 17.5 Å². The highest BCUT2D eigenvalue weighted by atomic mass is 32.2. The van der Waals surface area contributed by atoms with Crippen molar-refractivity contribution in [3.8, 4) is 0 Å². The number of furan rings is 2. The van der Waals surface area contributed by atoms with E-state index in [9.17, 15) is 9.59 Å². The van der Waals surface area contributed by atoms with E-state index >= 15 is 0 Å². The van der Waals surface area contributed by atoms with Gasteiger partial charge in [-0.1, -0.05) is 18.2 Å². The van der Waals surface area contributed by atoms with Crippen LogP contribution in [0.4, 0.5) is 5.69 Å². The highest BCUT2D eigenvalue weighted by Crippen LogP contribution is 2.60. The maximum absolute atomic E-state index is 13.8. The number of ketones is 1. The van der Waals surface area contributed by atoms with Gasteiger partial charge in [-0.15, -0.1) is 11.8 Å². The molecular formula is C24H20N2O4S. The minimum absolute atomic E-state index is 0.0269. The van der Waals surface area contributed by atoms with Crippen molar-refractivity contribution in [1.82, 2.24) is 4.90 Å². The van der Waals surface area contributed by atoms with Gasteiger partial charge in [-0.3, -0.25) is 14.5 Å². The molecule has 1 amide bonds. The Morgan fingerprint density at radius 1 is 1.13 bits per heavy atom. The lowest BCUT2D eigenvalue weighted by molar-refractivity contribution is -0.134. The molecule has 1 N–H and O–H groups in total. The first kappa shape index (κ1) is 18.7. The molecule has 1 aromatic carbocycles. The Kier molecular flexibility index (Phi) is 4.23. The zero-order chi connectivity index (χ0) is 21.0. The first-order valence-electron chi connectivity index (χ1n) is 10.3. The van der Waals surface area contributed by atoms with E-state index in [2.05, 4.69) is 10.2 Å². The topological polar surface area (TPSA) is 75.7 Å². The van der Waals surface area contributed by atoms with Gasteiger partial charge in [0.15, 0.2) is 5.78 Å². The average molecular weight is 433 g/mol. The molecule has 1 unspecified atom stereocenters. The molecule has 2 saturated heterocycles. The third-order valence-corrected chi connectivity index (χ3v) is 7.70. The van der Waals surface area contributed by atoms with Gasteiger partial charge in [0.25, 0.3) is 0 Å². The number of rotatable bonds is 4. The number of hydrogen-bond donors (Lipinski definition) is 1. The Bertz CT molecular complexity index is 1170. The van der Waals surface area contributed by atoms with Crippen LogP contribution in [0.15, 0.2) is 76.0 Å². The fourth-order valence-corrected chi connectivity index (χ4v) is 6.84. The summed E-state index contributed by atoms with van der Waals surface area (Å²) in [4.78, 5) is 29.7. The van der Waals surface area contributed by atoms with Gasteiger partial charge in [-0.25, -0.2) is 0 Å². The van der Waals surface area contributed by atoms with Crippen LogP contribution in [0.2, 0.25) is 0 Å². The maximum Gasteiger partial charge on any atom is 0.250 e. The number of nitrogens with zero attached hydrogens (tertiary/aromatic N) is 1. The molecule has 4 atom stereocenters. The number of carbonyl (C=O) groups is 2. The summed E-state index contributed by atoms with van der Waals surface area (Å²) in [5.41, 5.74) is 0.578. The molecule has 0 aliphatic carbocycles. The zero-order valence-electron chi connectivity index (χ0n) is 16.6. The lowest BCUT2D eigenvalue weighted by atomic mass is 9.72. The molecule has 3 aromatic rings. The van der Waals surface area contributed by atoms with Crippen LogP contribution in [0.25, 0.3) is 6.08 Å². The third kappa shape index (κ3) is 2.56. The van der Waals surface area contributed by atoms with E-state index in [1.807, 2.05) is 36.4 Å². The third-order valence-electron chi connectivity index (χ3n) is 6.66. The first-order chi connectivity index (χ1) is 15.2. The summed E-state index contributed by atoms with van der Waals surface area (Å²) in [6, 6.07) is 15.1. The fraction of sp³-hybridized carbons (Fsp3) is 0.250. The van der Waals surface area contributed by atoms with E-state index < -0.39 is 11.5 Å². The van der Waals surface area contributed by atoms with Crippen LogP contribution in [0.1, 0.15) is 23.0 Å². The molecule has 2 fully saturated rings. The maximum atomic E-state index is 13.8. The molecule has 0 bridgehead atoms. The molecule has 5 heterocycles. The van der Waals surface area contributed by atoms with Crippen molar-refractivity contribution in [3.63, 3.8) is 0 Å². The van der Waals surface area contributed by atoms with Crippen LogP contribution in [0, 0.1) is 5.92 Å². The number of hydrogen-bond acceptors (Lipinski definition) is 6. The first-order valence-corrected chi connectivity index (χ1v) is 11.4. The molecule has 6 rings (SSSR count). The SMILES string of the molecule is O=C(/C=C/c1ccco1)[C@@H]1[C@@H](c2ccco2)[C@@H]2CSCN2C12C(=O)Nc1ccccc12. The highest BCUT2D eigenvalue weighted by molar-refractivity contribution is 7.99. The van der Waals surface area contributed by atoms with E-state index in [0.29, 0.717) is 11.6 Å². The number of para-hydroxylation sites is 1. The van der Waals surface area contributed by atoms with Gasteiger partial charge in [0.05, 0.1) is 18.4 Å². The summed E-state index contributed by atoms with van der Waals surface area (Å²) < 4.78 is 11.2. The van der Waals surface area contributed by atoms with Gasteiger partial charge in [0.1, 0.15) is 17.1 Å². The van der Waals surface area contributed by atoms with Crippen molar-refractivity contribution in [1.29, 1.82) is 0 Å². The molecule has 3 aliphatic rings. The summed E-state index contributed by atoms with van der Waals surface area (Å²) >= 11 is 1.79. The van der Waals surface area contributed by atoms with Crippen LogP contribution < -0.4 is 5.32 Å². The monoisotopic (exact) mass is 432 g/mol. The predicted molar refractivity (Wildman–Crippen MR) is 117 cm³/mol. The molecule has 7 heteroatoms. The normalized spacial score (nSPS) is 29.5. The number of anilines is 1. The average Bonchev–Trinajstić information content (AvgIpc) is 3.58. The van der Waals surface area contributed by atoms with Crippen molar-refractivity contribution in [2.24, 2.45) is 5.92 Å². The second-order valence-electron chi connectivity index (χ2n) is 8.07. The van der Waals surface area contributed by atoms with Gasteiger partial charge in [0.2, 0.25) is 5.91 Å². The predicted octanol–water partition coefficient (Wildman–Crippen LogP) is 4.09. The van der Waals surface area contributed by atoms with E-state index in [-0.39, 0.29) is 23.7 Å². The fourth-order valence-electron chi connectivity index (χ4n) is 5.51. The van der Waals surface area contributed by atoms with Crippen molar-refractivity contribution < 1.29 is 18.4 Å². The molecule has 156 valence electrons. The van der Waals surface area contributed by atoms with E-state index in [1.54, 1.807) is 48.6 Å². The smallest absolute Gasteiger partial charge is 0.250 e. The number of thioether (sulfide) groups is 1. The number of fused-ring (bicyclic) bond motifs is 4. The van der Waals surface area contributed by atoms with Crippen LogP contribution in [-0.4, -0.2) is 34.3 Å². The minimum atomic E-state index is -1.06. The van der Waals surface area contributed by atoms with Gasteiger partial charge in [-0.2, -0.15) is 0 Å². The van der Waals surface area contributed by atoms with Crippen molar-refractivity contribution >= 4 is 35.2 Å². The van der Waals surface area contributed by atoms with Crippen molar-refractivity contribution in [3.05, 3.63) is 84.2 Å². The summed E-state index contributed by atoms with van der Waals surface area (Å²) in [5.74, 6) is 1.79. The molecule has 0 radical (unpaired) electrons. The molecule has 2 aromatic heterocycles. The van der Waals surface area contributed by atoms with Gasteiger partial charge < -0.3 is 14.2 Å². The second-order valence-corrected chi connectivity index (χ2v) is 9.07. The Morgan fingerprint density at radius 3 is 2.77 bits per heavy atom. The summed E-state index contributed by atoms with van der Waals surface area (Å²) in [5, 5.41) is 3.05. The largest absolute Gasteiger partial charge is 0.469 e. The van der Waals surface area contributed by atoms with Crippen molar-refractivity contribution in [2.75, 3.05) is 16.9 Å². The molecule has 6 nitrogen and oxygen atoms in total. The van der Waals surface area contributed by atoms with E-state index in [1.165, 1.54) is 0 Å². The Balaban J connectivity index is 1.55. The lowest BCUT2D eigenvalue weighted by Crippen LogP contribution is -2.52. The Hall–Kier alpha value is -3.03. The summed E-state index contributed by atoms with van der Waals surface area (Å²) in [6.45, 7) is 0. The number of benzene rings is 1. The summed E-state index contributed by atoms with van der Waals surface area (Å²) in [7, 11) is 0. The Labute approximate surface area is 183 Å². The minimum Gasteiger partial charge on any atom is -0.469 e. The molecule has 0 saturated carbocycles. The molecule has 1 spiro atoms. The van der Waals surface area contributed by atoms with E-state index in [4.69, 9.17) is 8.83 Å². The van der Waals surface area contributed by atoms with Gasteiger partial charge in [-0.05, 0) is 42.5 Å². The molecule has 31 heavy (non-hydrogen) atoms. The number of nitrogens with one attached hydrogen (secondary N) is 1. The van der Waals surface area contributed by atoms with Crippen LogP contribution >= 0.6 is 11.8 Å². The summed E-state index contributed by atoms with van der Waals surface area (Å²) in [6.07, 6.45) is 6.42.